The van der Waals surface area contributed by atoms with Crippen LogP contribution in [0.4, 0.5) is 0 Å². The minimum atomic E-state index is 0.195. The van der Waals surface area contributed by atoms with Crippen LogP contribution in [0.3, 0.4) is 0 Å². The number of carbonyl (C=O) groups is 1. The Balaban J connectivity index is 1.65. The highest BCUT2D eigenvalue weighted by molar-refractivity contribution is 5.97. The lowest BCUT2D eigenvalue weighted by Gasteiger charge is -2.22. The molecule has 1 nitrogen and oxygen atoms in total. The Labute approximate surface area is 127 Å². The highest BCUT2D eigenvalue weighted by atomic mass is 16.1. The molecule has 1 heteroatoms. The van der Waals surface area contributed by atoms with E-state index in [1.165, 1.54) is 37.7 Å². The number of hydrogen-bond donors (Lipinski definition) is 0. The van der Waals surface area contributed by atoms with Gasteiger partial charge in [0.2, 0.25) is 0 Å². The number of benzene rings is 2. The van der Waals surface area contributed by atoms with Gasteiger partial charge in [-0.3, -0.25) is 4.79 Å². The van der Waals surface area contributed by atoms with E-state index in [0.717, 1.165) is 17.0 Å². The molecule has 0 aliphatic heterocycles. The summed E-state index contributed by atoms with van der Waals surface area (Å²) in [5.74, 6) is 0.929. The Morgan fingerprint density at radius 2 is 1.52 bits per heavy atom. The molecule has 0 spiro atoms. The van der Waals surface area contributed by atoms with E-state index >= 15 is 0 Å². The van der Waals surface area contributed by atoms with Gasteiger partial charge in [0, 0.05) is 12.0 Å². The Morgan fingerprint density at radius 1 is 0.857 bits per heavy atom. The molecule has 3 rings (SSSR count). The summed E-state index contributed by atoms with van der Waals surface area (Å²) >= 11 is 0. The van der Waals surface area contributed by atoms with E-state index in [1.807, 2.05) is 30.3 Å². The molecule has 108 valence electrons. The van der Waals surface area contributed by atoms with Crippen molar-refractivity contribution in [3.63, 3.8) is 0 Å². The highest BCUT2D eigenvalue weighted by Crippen LogP contribution is 2.32. The van der Waals surface area contributed by atoms with Crippen molar-refractivity contribution < 1.29 is 4.79 Å². The van der Waals surface area contributed by atoms with Crippen molar-refractivity contribution >= 4 is 5.78 Å². The molecule has 21 heavy (non-hydrogen) atoms. The summed E-state index contributed by atoms with van der Waals surface area (Å²) in [4.78, 5) is 12.2. The quantitative estimate of drug-likeness (QED) is 0.706. The molecule has 0 heterocycles. The van der Waals surface area contributed by atoms with Gasteiger partial charge in [0.05, 0.1) is 0 Å². The summed E-state index contributed by atoms with van der Waals surface area (Å²) in [6, 6.07) is 18.3. The molecule has 0 radical (unpaired) electrons. The van der Waals surface area contributed by atoms with E-state index in [-0.39, 0.29) is 5.78 Å². The zero-order valence-electron chi connectivity index (χ0n) is 12.4. The summed E-state index contributed by atoms with van der Waals surface area (Å²) < 4.78 is 0. The first-order chi connectivity index (χ1) is 10.3. The molecule has 2 aromatic rings. The summed E-state index contributed by atoms with van der Waals surface area (Å²) in [6.45, 7) is 0. The molecule has 1 fully saturated rings. The molecule has 0 saturated heterocycles. The molecule has 0 amide bonds. The van der Waals surface area contributed by atoms with Crippen molar-refractivity contribution in [1.82, 2.24) is 0 Å². The normalized spacial score (nSPS) is 15.8. The van der Waals surface area contributed by atoms with Crippen LogP contribution in [0.5, 0.6) is 0 Å². The van der Waals surface area contributed by atoms with Crippen LogP contribution < -0.4 is 0 Å². The van der Waals surface area contributed by atoms with Crippen LogP contribution in [-0.2, 0) is 6.42 Å². The zero-order chi connectivity index (χ0) is 14.5. The first-order valence-corrected chi connectivity index (χ1v) is 8.00. The molecule has 2 aromatic carbocycles. The van der Waals surface area contributed by atoms with Gasteiger partial charge >= 0.3 is 0 Å². The maximum absolute atomic E-state index is 12.2. The van der Waals surface area contributed by atoms with Crippen molar-refractivity contribution in [3.8, 4) is 0 Å². The summed E-state index contributed by atoms with van der Waals surface area (Å²) in [5.41, 5.74) is 3.36. The smallest absolute Gasteiger partial charge is 0.167 e. The predicted molar refractivity (Wildman–Crippen MR) is 86.7 cm³/mol. The third kappa shape index (κ3) is 3.60. The van der Waals surface area contributed by atoms with E-state index in [0.29, 0.717) is 6.42 Å². The van der Waals surface area contributed by atoms with Crippen LogP contribution in [0.2, 0.25) is 0 Å². The van der Waals surface area contributed by atoms with Crippen LogP contribution in [0, 0.1) is 0 Å². The van der Waals surface area contributed by atoms with Gasteiger partial charge in [0.1, 0.15) is 0 Å². The summed E-state index contributed by atoms with van der Waals surface area (Å²) in [5, 5.41) is 0. The van der Waals surface area contributed by atoms with E-state index in [2.05, 4.69) is 24.3 Å². The number of Topliss-reactive ketones (excluding diaryl/α,β-unsaturated/α-hetero) is 1. The lowest BCUT2D eigenvalue weighted by molar-refractivity contribution is 0.0993. The SMILES string of the molecule is O=C(Cc1ccc(C2CCCCC2)cc1)c1ccccc1. The fourth-order valence-electron chi connectivity index (χ4n) is 3.26. The second-order valence-electron chi connectivity index (χ2n) is 6.04. The third-order valence-corrected chi connectivity index (χ3v) is 4.52. The highest BCUT2D eigenvalue weighted by Gasteiger charge is 2.15. The summed E-state index contributed by atoms with van der Waals surface area (Å²) in [7, 11) is 0. The maximum Gasteiger partial charge on any atom is 0.167 e. The first-order valence-electron chi connectivity index (χ1n) is 8.00. The monoisotopic (exact) mass is 278 g/mol. The van der Waals surface area contributed by atoms with Crippen LogP contribution in [-0.4, -0.2) is 5.78 Å². The van der Waals surface area contributed by atoms with E-state index in [4.69, 9.17) is 0 Å². The van der Waals surface area contributed by atoms with E-state index in [9.17, 15) is 4.79 Å². The topological polar surface area (TPSA) is 17.1 Å². The maximum atomic E-state index is 12.2. The van der Waals surface area contributed by atoms with E-state index < -0.39 is 0 Å². The minimum absolute atomic E-state index is 0.195. The predicted octanol–water partition coefficient (Wildman–Crippen LogP) is 5.16. The second kappa shape index (κ2) is 6.71. The van der Waals surface area contributed by atoms with Gasteiger partial charge < -0.3 is 0 Å². The standard InChI is InChI=1S/C20H22O/c21-20(19-9-5-2-6-10-19)15-16-11-13-18(14-12-16)17-7-3-1-4-8-17/h2,5-6,9-14,17H,1,3-4,7-8,15H2. The van der Waals surface area contributed by atoms with Crippen molar-refractivity contribution in [3.05, 3.63) is 71.3 Å². The fraction of sp³-hybridized carbons (Fsp3) is 0.350. The van der Waals surface area contributed by atoms with Gasteiger partial charge in [0.15, 0.2) is 5.78 Å². The molecule has 1 aliphatic rings. The molecular formula is C20H22O. The fourth-order valence-corrected chi connectivity index (χ4v) is 3.26. The van der Waals surface area contributed by atoms with Crippen molar-refractivity contribution in [2.75, 3.05) is 0 Å². The number of hydrogen-bond acceptors (Lipinski definition) is 1. The van der Waals surface area contributed by atoms with E-state index in [1.54, 1.807) is 0 Å². The van der Waals surface area contributed by atoms with Gasteiger partial charge in [-0.25, -0.2) is 0 Å². The van der Waals surface area contributed by atoms with Crippen LogP contribution in [0.1, 0.15) is 59.5 Å². The average Bonchev–Trinajstić information content (AvgIpc) is 2.57. The van der Waals surface area contributed by atoms with Crippen LogP contribution in [0.15, 0.2) is 54.6 Å². The molecule has 0 bridgehead atoms. The number of carbonyl (C=O) groups excluding carboxylic acids is 1. The molecular weight excluding hydrogens is 256 g/mol. The molecule has 1 aliphatic carbocycles. The minimum Gasteiger partial charge on any atom is -0.294 e. The summed E-state index contributed by atoms with van der Waals surface area (Å²) in [6.07, 6.45) is 7.25. The lowest BCUT2D eigenvalue weighted by Crippen LogP contribution is -2.06. The Kier molecular flexibility index (Phi) is 4.49. The molecule has 1 saturated carbocycles. The van der Waals surface area contributed by atoms with Gasteiger partial charge in [-0.15, -0.1) is 0 Å². The van der Waals surface area contributed by atoms with Gasteiger partial charge in [-0.2, -0.15) is 0 Å². The second-order valence-corrected chi connectivity index (χ2v) is 6.04. The first kappa shape index (κ1) is 14.1. The van der Waals surface area contributed by atoms with Crippen LogP contribution in [0.25, 0.3) is 0 Å². The van der Waals surface area contributed by atoms with Crippen molar-refractivity contribution in [2.45, 2.75) is 44.4 Å². The van der Waals surface area contributed by atoms with Crippen molar-refractivity contribution in [2.24, 2.45) is 0 Å². The molecule has 0 atom stereocenters. The largest absolute Gasteiger partial charge is 0.294 e. The molecule has 0 unspecified atom stereocenters. The number of rotatable bonds is 4. The van der Waals surface area contributed by atoms with Gasteiger partial charge in [-0.05, 0) is 29.9 Å². The van der Waals surface area contributed by atoms with Crippen molar-refractivity contribution in [1.29, 1.82) is 0 Å². The zero-order valence-corrected chi connectivity index (χ0v) is 12.4. The molecule has 0 N–H and O–H groups in total. The molecule has 0 aromatic heterocycles. The van der Waals surface area contributed by atoms with Crippen LogP contribution >= 0.6 is 0 Å². The third-order valence-electron chi connectivity index (χ3n) is 4.52. The Morgan fingerprint density at radius 3 is 2.19 bits per heavy atom. The van der Waals surface area contributed by atoms with Gasteiger partial charge in [0.25, 0.3) is 0 Å². The average molecular weight is 278 g/mol. The Bertz CT molecular complexity index is 577. The Hall–Kier alpha value is -1.89. The number of ketones is 1. The van der Waals surface area contributed by atoms with Gasteiger partial charge in [-0.1, -0.05) is 73.9 Å². The lowest BCUT2D eigenvalue weighted by atomic mass is 9.84.